The lowest BCUT2D eigenvalue weighted by molar-refractivity contribution is -0.121. The Morgan fingerprint density at radius 2 is 1.70 bits per heavy atom. The molecule has 0 aromatic heterocycles. The topological polar surface area (TPSA) is 29.1 Å². The maximum absolute atomic E-state index is 13.0. The number of carbonyl (C=O) groups excluding carboxylic acids is 1. The molecule has 0 unspecified atom stereocenters. The fourth-order valence-electron chi connectivity index (χ4n) is 2.03. The minimum Gasteiger partial charge on any atom is -0.356 e. The SMILES string of the molecule is O=C(CCc1cccc(F)c1)NCCc1ccccc1. The van der Waals surface area contributed by atoms with E-state index in [-0.39, 0.29) is 11.7 Å². The lowest BCUT2D eigenvalue weighted by Crippen LogP contribution is -2.25. The summed E-state index contributed by atoms with van der Waals surface area (Å²) in [5, 5.41) is 2.88. The zero-order valence-electron chi connectivity index (χ0n) is 11.3. The Balaban J connectivity index is 1.68. The molecule has 0 spiro atoms. The van der Waals surface area contributed by atoms with Gasteiger partial charge in [-0.05, 0) is 36.1 Å². The largest absolute Gasteiger partial charge is 0.356 e. The molecule has 0 fully saturated rings. The molecule has 0 aliphatic rings. The van der Waals surface area contributed by atoms with Crippen molar-refractivity contribution in [3.63, 3.8) is 0 Å². The van der Waals surface area contributed by atoms with E-state index in [4.69, 9.17) is 0 Å². The van der Waals surface area contributed by atoms with Crippen LogP contribution in [0, 0.1) is 5.82 Å². The molecule has 0 heterocycles. The number of hydrogen-bond donors (Lipinski definition) is 1. The average molecular weight is 271 g/mol. The van der Waals surface area contributed by atoms with Gasteiger partial charge in [-0.2, -0.15) is 0 Å². The first-order valence-electron chi connectivity index (χ1n) is 6.79. The molecule has 104 valence electrons. The molecular weight excluding hydrogens is 253 g/mol. The number of nitrogens with one attached hydrogen (secondary N) is 1. The molecule has 0 saturated carbocycles. The lowest BCUT2D eigenvalue weighted by atomic mass is 10.1. The Kier molecular flexibility index (Phi) is 5.30. The summed E-state index contributed by atoms with van der Waals surface area (Å²) in [6.07, 6.45) is 1.78. The summed E-state index contributed by atoms with van der Waals surface area (Å²) in [4.78, 5) is 11.7. The minimum atomic E-state index is -0.257. The van der Waals surface area contributed by atoms with Crippen molar-refractivity contribution < 1.29 is 9.18 Å². The highest BCUT2D eigenvalue weighted by Crippen LogP contribution is 2.06. The van der Waals surface area contributed by atoms with Crippen molar-refractivity contribution in [3.05, 3.63) is 71.5 Å². The summed E-state index contributed by atoms with van der Waals surface area (Å²) >= 11 is 0. The Morgan fingerprint density at radius 3 is 2.45 bits per heavy atom. The van der Waals surface area contributed by atoms with E-state index in [0.717, 1.165) is 12.0 Å². The predicted octanol–water partition coefficient (Wildman–Crippen LogP) is 3.12. The van der Waals surface area contributed by atoms with Crippen LogP contribution in [0.4, 0.5) is 4.39 Å². The number of rotatable bonds is 6. The summed E-state index contributed by atoms with van der Waals surface area (Å²) in [5.41, 5.74) is 2.06. The molecule has 0 aliphatic heterocycles. The standard InChI is InChI=1S/C17H18FNO/c18-16-8-4-7-15(13-16)9-10-17(20)19-12-11-14-5-2-1-3-6-14/h1-8,13H,9-12H2,(H,19,20). The van der Waals surface area contributed by atoms with Gasteiger partial charge in [-0.15, -0.1) is 0 Å². The van der Waals surface area contributed by atoms with Crippen molar-refractivity contribution in [3.8, 4) is 0 Å². The maximum atomic E-state index is 13.0. The Morgan fingerprint density at radius 1 is 0.950 bits per heavy atom. The minimum absolute atomic E-state index is 0.00481. The van der Waals surface area contributed by atoms with Crippen LogP contribution in [0.1, 0.15) is 17.5 Å². The van der Waals surface area contributed by atoms with Crippen LogP contribution in [-0.2, 0) is 17.6 Å². The van der Waals surface area contributed by atoms with E-state index in [2.05, 4.69) is 5.32 Å². The van der Waals surface area contributed by atoms with Gasteiger partial charge in [0.05, 0.1) is 0 Å². The summed E-state index contributed by atoms with van der Waals surface area (Å²) < 4.78 is 13.0. The van der Waals surface area contributed by atoms with Gasteiger partial charge in [0.1, 0.15) is 5.82 Å². The third kappa shape index (κ3) is 4.84. The number of amides is 1. The second-order valence-corrected chi connectivity index (χ2v) is 4.72. The fourth-order valence-corrected chi connectivity index (χ4v) is 2.03. The summed E-state index contributed by atoms with van der Waals surface area (Å²) in [6.45, 7) is 0.631. The van der Waals surface area contributed by atoms with E-state index in [0.29, 0.717) is 19.4 Å². The first-order chi connectivity index (χ1) is 9.74. The second kappa shape index (κ2) is 7.43. The molecule has 3 heteroatoms. The van der Waals surface area contributed by atoms with Crippen LogP contribution in [0.5, 0.6) is 0 Å². The Labute approximate surface area is 118 Å². The number of hydrogen-bond acceptors (Lipinski definition) is 1. The lowest BCUT2D eigenvalue weighted by Gasteiger charge is -2.05. The summed E-state index contributed by atoms with van der Waals surface area (Å²) in [7, 11) is 0. The van der Waals surface area contributed by atoms with Crippen LogP contribution >= 0.6 is 0 Å². The van der Waals surface area contributed by atoms with Gasteiger partial charge >= 0.3 is 0 Å². The zero-order valence-corrected chi connectivity index (χ0v) is 11.3. The predicted molar refractivity (Wildman–Crippen MR) is 77.9 cm³/mol. The van der Waals surface area contributed by atoms with E-state index in [1.165, 1.54) is 17.7 Å². The van der Waals surface area contributed by atoms with Crippen molar-refractivity contribution in [2.24, 2.45) is 0 Å². The monoisotopic (exact) mass is 271 g/mol. The van der Waals surface area contributed by atoms with E-state index in [9.17, 15) is 9.18 Å². The molecular formula is C17H18FNO. The highest BCUT2D eigenvalue weighted by atomic mass is 19.1. The van der Waals surface area contributed by atoms with Gasteiger partial charge in [-0.25, -0.2) is 4.39 Å². The number of aryl methyl sites for hydroxylation is 1. The van der Waals surface area contributed by atoms with Crippen LogP contribution in [-0.4, -0.2) is 12.5 Å². The van der Waals surface area contributed by atoms with E-state index < -0.39 is 0 Å². The van der Waals surface area contributed by atoms with Gasteiger partial charge in [0.15, 0.2) is 0 Å². The highest BCUT2D eigenvalue weighted by Gasteiger charge is 2.02. The normalized spacial score (nSPS) is 10.2. The molecule has 2 nitrogen and oxygen atoms in total. The molecule has 1 N–H and O–H groups in total. The van der Waals surface area contributed by atoms with Gasteiger partial charge in [0.25, 0.3) is 0 Å². The van der Waals surface area contributed by atoms with Crippen LogP contribution in [0.3, 0.4) is 0 Å². The van der Waals surface area contributed by atoms with Crippen molar-refractivity contribution >= 4 is 5.91 Å². The molecule has 2 aromatic rings. The average Bonchev–Trinajstić information content (AvgIpc) is 2.46. The van der Waals surface area contributed by atoms with Gasteiger partial charge in [-0.1, -0.05) is 42.5 Å². The molecule has 0 aliphatic carbocycles. The quantitative estimate of drug-likeness (QED) is 0.859. The molecule has 0 radical (unpaired) electrons. The number of benzene rings is 2. The Hall–Kier alpha value is -2.16. The van der Waals surface area contributed by atoms with E-state index in [1.807, 2.05) is 36.4 Å². The fraction of sp³-hybridized carbons (Fsp3) is 0.235. The van der Waals surface area contributed by atoms with Gasteiger partial charge in [-0.3, -0.25) is 4.79 Å². The van der Waals surface area contributed by atoms with Crippen molar-refractivity contribution in [2.75, 3.05) is 6.54 Å². The summed E-state index contributed by atoms with van der Waals surface area (Å²) in [6, 6.07) is 16.4. The number of halogens is 1. The van der Waals surface area contributed by atoms with Crippen LogP contribution < -0.4 is 5.32 Å². The molecule has 1 amide bonds. The molecule has 0 saturated heterocycles. The molecule has 2 rings (SSSR count). The van der Waals surface area contributed by atoms with Crippen LogP contribution in [0.25, 0.3) is 0 Å². The van der Waals surface area contributed by atoms with Crippen molar-refractivity contribution in [1.29, 1.82) is 0 Å². The summed E-state index contributed by atoms with van der Waals surface area (Å²) in [5.74, 6) is -0.253. The van der Waals surface area contributed by atoms with Gasteiger partial charge < -0.3 is 5.32 Å². The molecule has 0 atom stereocenters. The van der Waals surface area contributed by atoms with Crippen LogP contribution in [0.2, 0.25) is 0 Å². The first kappa shape index (κ1) is 14.3. The second-order valence-electron chi connectivity index (χ2n) is 4.72. The maximum Gasteiger partial charge on any atom is 0.220 e. The third-order valence-electron chi connectivity index (χ3n) is 3.11. The zero-order chi connectivity index (χ0) is 14.2. The Bertz CT molecular complexity index is 554. The van der Waals surface area contributed by atoms with Crippen molar-refractivity contribution in [1.82, 2.24) is 5.32 Å². The molecule has 0 bridgehead atoms. The number of carbonyl (C=O) groups is 1. The smallest absolute Gasteiger partial charge is 0.220 e. The first-order valence-corrected chi connectivity index (χ1v) is 6.79. The molecule has 20 heavy (non-hydrogen) atoms. The van der Waals surface area contributed by atoms with Crippen molar-refractivity contribution in [2.45, 2.75) is 19.3 Å². The van der Waals surface area contributed by atoms with Gasteiger partial charge in [0.2, 0.25) is 5.91 Å². The van der Waals surface area contributed by atoms with E-state index >= 15 is 0 Å². The van der Waals surface area contributed by atoms with Crippen LogP contribution in [0.15, 0.2) is 54.6 Å². The third-order valence-corrected chi connectivity index (χ3v) is 3.11. The highest BCUT2D eigenvalue weighted by molar-refractivity contribution is 5.76. The van der Waals surface area contributed by atoms with E-state index in [1.54, 1.807) is 6.07 Å². The molecule has 2 aromatic carbocycles. The van der Waals surface area contributed by atoms with Gasteiger partial charge in [0, 0.05) is 13.0 Å².